The minimum Gasteiger partial charge on any atom is -0.480 e. The molecule has 0 aliphatic carbocycles. The van der Waals surface area contributed by atoms with E-state index in [1.807, 2.05) is 0 Å². The molecule has 0 aromatic carbocycles. The molecule has 0 heterocycles. The van der Waals surface area contributed by atoms with Crippen LogP contribution in [0.15, 0.2) is 0 Å². The molecule has 0 aromatic rings. The van der Waals surface area contributed by atoms with E-state index in [0.29, 0.717) is 0 Å². The topological polar surface area (TPSA) is 131 Å². The SMILES string of the molecule is CN(C)C(=O)NCCNC(=O)NC(CO)C(=O)O. The van der Waals surface area contributed by atoms with Crippen molar-refractivity contribution >= 4 is 18.0 Å². The first-order chi connectivity index (χ1) is 8.38. The van der Waals surface area contributed by atoms with E-state index in [1.54, 1.807) is 14.1 Å². The Balaban J connectivity index is 3.78. The third-order valence-corrected chi connectivity index (χ3v) is 1.88. The number of urea groups is 2. The van der Waals surface area contributed by atoms with E-state index in [0.717, 1.165) is 0 Å². The van der Waals surface area contributed by atoms with Gasteiger partial charge in [-0.3, -0.25) is 0 Å². The number of aliphatic carboxylic acids is 1. The number of aliphatic hydroxyl groups is 1. The van der Waals surface area contributed by atoms with Gasteiger partial charge in [-0.1, -0.05) is 0 Å². The predicted octanol–water partition coefficient (Wildman–Crippen LogP) is -2.00. The van der Waals surface area contributed by atoms with Gasteiger partial charge in [0.1, 0.15) is 0 Å². The second-order valence-corrected chi connectivity index (χ2v) is 3.60. The van der Waals surface area contributed by atoms with Crippen molar-refractivity contribution in [3.05, 3.63) is 0 Å². The van der Waals surface area contributed by atoms with E-state index >= 15 is 0 Å². The minimum atomic E-state index is -1.35. The molecule has 1 unspecified atom stereocenters. The first-order valence-corrected chi connectivity index (χ1v) is 5.21. The predicted molar refractivity (Wildman–Crippen MR) is 62.1 cm³/mol. The number of hydrogen-bond donors (Lipinski definition) is 5. The van der Waals surface area contributed by atoms with Gasteiger partial charge in [0.25, 0.3) is 0 Å². The van der Waals surface area contributed by atoms with E-state index < -0.39 is 24.6 Å². The van der Waals surface area contributed by atoms with Gasteiger partial charge in [0, 0.05) is 27.2 Å². The molecular weight excluding hydrogens is 244 g/mol. The van der Waals surface area contributed by atoms with Gasteiger partial charge in [-0.15, -0.1) is 0 Å². The average molecular weight is 262 g/mol. The van der Waals surface area contributed by atoms with Crippen LogP contribution in [0.1, 0.15) is 0 Å². The summed E-state index contributed by atoms with van der Waals surface area (Å²) in [5.74, 6) is -1.33. The number of carbonyl (C=O) groups excluding carboxylic acids is 2. The standard InChI is InChI=1S/C9H18N4O5/c1-13(2)9(18)11-4-3-10-8(17)12-6(5-14)7(15)16/h6,14H,3-5H2,1-2H3,(H,11,18)(H,15,16)(H2,10,12,17). The Hall–Kier alpha value is -2.03. The monoisotopic (exact) mass is 262 g/mol. The molecule has 0 bridgehead atoms. The summed E-state index contributed by atoms with van der Waals surface area (Å²) in [5, 5.41) is 24.1. The number of carboxylic acid groups (broad SMARTS) is 1. The molecule has 0 radical (unpaired) electrons. The van der Waals surface area contributed by atoms with Gasteiger partial charge in [-0.2, -0.15) is 0 Å². The molecule has 0 saturated carbocycles. The summed E-state index contributed by atoms with van der Waals surface area (Å²) in [7, 11) is 3.16. The van der Waals surface area contributed by atoms with Crippen LogP contribution in [0.2, 0.25) is 0 Å². The molecule has 5 N–H and O–H groups in total. The van der Waals surface area contributed by atoms with Crippen LogP contribution in [0.25, 0.3) is 0 Å². The lowest BCUT2D eigenvalue weighted by Gasteiger charge is -2.14. The summed E-state index contributed by atoms with van der Waals surface area (Å²) >= 11 is 0. The van der Waals surface area contributed by atoms with Gasteiger partial charge in [0.05, 0.1) is 6.61 Å². The van der Waals surface area contributed by atoms with Gasteiger partial charge >= 0.3 is 18.0 Å². The number of aliphatic hydroxyl groups excluding tert-OH is 1. The van der Waals surface area contributed by atoms with Crippen LogP contribution in [0, 0.1) is 0 Å². The summed E-state index contributed by atoms with van der Waals surface area (Å²) in [6, 6.07) is -2.37. The second-order valence-electron chi connectivity index (χ2n) is 3.60. The Morgan fingerprint density at radius 2 is 1.72 bits per heavy atom. The number of amides is 4. The highest BCUT2D eigenvalue weighted by Crippen LogP contribution is 1.82. The molecule has 0 fully saturated rings. The van der Waals surface area contributed by atoms with Crippen molar-refractivity contribution in [2.45, 2.75) is 6.04 Å². The van der Waals surface area contributed by atoms with Crippen molar-refractivity contribution in [3.8, 4) is 0 Å². The smallest absolute Gasteiger partial charge is 0.328 e. The number of hydrogen-bond acceptors (Lipinski definition) is 4. The number of nitrogens with one attached hydrogen (secondary N) is 3. The zero-order valence-electron chi connectivity index (χ0n) is 10.3. The van der Waals surface area contributed by atoms with Crippen LogP contribution >= 0.6 is 0 Å². The van der Waals surface area contributed by atoms with Crippen LogP contribution in [0.4, 0.5) is 9.59 Å². The largest absolute Gasteiger partial charge is 0.480 e. The molecule has 0 aliphatic rings. The summed E-state index contributed by atoms with van der Waals surface area (Å²) in [6.07, 6.45) is 0. The summed E-state index contributed by atoms with van der Waals surface area (Å²) in [5.41, 5.74) is 0. The lowest BCUT2D eigenvalue weighted by Crippen LogP contribution is -2.49. The molecule has 1 atom stereocenters. The molecule has 0 saturated heterocycles. The van der Waals surface area contributed by atoms with E-state index in [4.69, 9.17) is 10.2 Å². The lowest BCUT2D eigenvalue weighted by molar-refractivity contribution is -0.140. The number of rotatable bonds is 6. The molecule has 0 rings (SSSR count). The van der Waals surface area contributed by atoms with Crippen LogP contribution in [0.5, 0.6) is 0 Å². The van der Waals surface area contributed by atoms with Gasteiger partial charge in [-0.25, -0.2) is 14.4 Å². The van der Waals surface area contributed by atoms with Crippen molar-refractivity contribution in [2.24, 2.45) is 0 Å². The zero-order chi connectivity index (χ0) is 14.1. The maximum Gasteiger partial charge on any atom is 0.328 e. The maximum atomic E-state index is 11.2. The van der Waals surface area contributed by atoms with Crippen LogP contribution in [-0.2, 0) is 4.79 Å². The van der Waals surface area contributed by atoms with Gasteiger partial charge in [0.15, 0.2) is 6.04 Å². The molecule has 104 valence electrons. The van der Waals surface area contributed by atoms with Crippen molar-refractivity contribution in [1.29, 1.82) is 0 Å². The number of nitrogens with zero attached hydrogens (tertiary/aromatic N) is 1. The van der Waals surface area contributed by atoms with Crippen LogP contribution in [-0.4, -0.2) is 73.0 Å². The molecule has 4 amide bonds. The Morgan fingerprint density at radius 1 is 1.17 bits per heavy atom. The lowest BCUT2D eigenvalue weighted by atomic mass is 10.3. The Kier molecular flexibility index (Phi) is 7.20. The van der Waals surface area contributed by atoms with Crippen LogP contribution < -0.4 is 16.0 Å². The Morgan fingerprint density at radius 3 is 2.17 bits per heavy atom. The highest BCUT2D eigenvalue weighted by Gasteiger charge is 2.18. The fraction of sp³-hybridized carbons (Fsp3) is 0.667. The average Bonchev–Trinajstić information content (AvgIpc) is 2.30. The minimum absolute atomic E-state index is 0.142. The maximum absolute atomic E-state index is 11.2. The summed E-state index contributed by atoms with van der Waals surface area (Å²) < 4.78 is 0. The third-order valence-electron chi connectivity index (χ3n) is 1.88. The Bertz CT molecular complexity index is 307. The van der Waals surface area contributed by atoms with Crippen LogP contribution in [0.3, 0.4) is 0 Å². The van der Waals surface area contributed by atoms with Crippen molar-refractivity contribution < 1.29 is 24.6 Å². The molecule has 0 aromatic heterocycles. The normalized spacial score (nSPS) is 11.3. The van der Waals surface area contributed by atoms with Gasteiger partial charge in [-0.05, 0) is 0 Å². The number of carboxylic acids is 1. The summed E-state index contributed by atoms with van der Waals surface area (Å²) in [4.78, 5) is 34.1. The van der Waals surface area contributed by atoms with E-state index in [2.05, 4.69) is 16.0 Å². The second kappa shape index (κ2) is 8.12. The van der Waals surface area contributed by atoms with Gasteiger partial charge < -0.3 is 31.1 Å². The van der Waals surface area contributed by atoms with Crippen molar-refractivity contribution in [2.75, 3.05) is 33.8 Å². The zero-order valence-corrected chi connectivity index (χ0v) is 10.3. The fourth-order valence-corrected chi connectivity index (χ4v) is 0.898. The van der Waals surface area contributed by atoms with Gasteiger partial charge in [0.2, 0.25) is 0 Å². The molecule has 0 spiro atoms. The quantitative estimate of drug-likeness (QED) is 0.353. The molecule has 9 nitrogen and oxygen atoms in total. The van der Waals surface area contributed by atoms with E-state index in [-0.39, 0.29) is 19.1 Å². The molecule has 0 aliphatic heterocycles. The van der Waals surface area contributed by atoms with E-state index in [1.165, 1.54) is 4.90 Å². The number of carbonyl (C=O) groups is 3. The van der Waals surface area contributed by atoms with E-state index in [9.17, 15) is 14.4 Å². The fourth-order valence-electron chi connectivity index (χ4n) is 0.898. The Labute approximate surface area is 104 Å². The molecule has 18 heavy (non-hydrogen) atoms. The summed E-state index contributed by atoms with van der Waals surface area (Å²) in [6.45, 7) is -0.343. The first kappa shape index (κ1) is 16.0. The highest BCUT2D eigenvalue weighted by atomic mass is 16.4. The van der Waals surface area contributed by atoms with Crippen molar-refractivity contribution in [3.63, 3.8) is 0 Å². The first-order valence-electron chi connectivity index (χ1n) is 5.21. The third kappa shape index (κ3) is 6.53. The molecule has 9 heteroatoms. The molecular formula is C9H18N4O5. The van der Waals surface area contributed by atoms with Crippen molar-refractivity contribution in [1.82, 2.24) is 20.9 Å². The highest BCUT2D eigenvalue weighted by molar-refractivity contribution is 5.82.